The van der Waals surface area contributed by atoms with Crippen LogP contribution in [0.5, 0.6) is 5.75 Å². The van der Waals surface area contributed by atoms with Crippen LogP contribution >= 0.6 is 27.7 Å². The molecule has 29 heavy (non-hydrogen) atoms. The van der Waals surface area contributed by atoms with Crippen molar-refractivity contribution >= 4 is 39.3 Å². The lowest BCUT2D eigenvalue weighted by atomic mass is 10.1. The van der Waals surface area contributed by atoms with Crippen molar-refractivity contribution in [2.75, 3.05) is 18.2 Å². The maximum atomic E-state index is 12.3. The Morgan fingerprint density at radius 2 is 1.93 bits per heavy atom. The molecule has 3 rings (SSSR count). The van der Waals surface area contributed by atoms with Gasteiger partial charge in [-0.2, -0.15) is 0 Å². The highest BCUT2D eigenvalue weighted by atomic mass is 79.9. The Morgan fingerprint density at radius 1 is 1.21 bits per heavy atom. The molecule has 0 bridgehead atoms. The summed E-state index contributed by atoms with van der Waals surface area (Å²) in [6, 6.07) is 15.3. The van der Waals surface area contributed by atoms with Gasteiger partial charge in [0.05, 0.1) is 12.9 Å². The minimum Gasteiger partial charge on any atom is -0.497 e. The van der Waals surface area contributed by atoms with Crippen molar-refractivity contribution < 1.29 is 9.53 Å². The standard InChI is InChI=1S/C21H21BrN4O2S/c1-3-12-26-19(13-15-4-6-16(22)7-5-15)24-25-21(26)29-14-20(27)23-17-8-10-18(28-2)11-9-17/h3-11H,1,12-14H2,2H3,(H,23,27). The Labute approximate surface area is 182 Å². The van der Waals surface area contributed by atoms with Crippen LogP contribution in [0.2, 0.25) is 0 Å². The number of methoxy groups -OCH3 is 1. The van der Waals surface area contributed by atoms with Gasteiger partial charge in [0.2, 0.25) is 5.91 Å². The van der Waals surface area contributed by atoms with E-state index < -0.39 is 0 Å². The first-order chi connectivity index (χ1) is 14.1. The van der Waals surface area contributed by atoms with Gasteiger partial charge in [-0.05, 0) is 42.0 Å². The summed E-state index contributed by atoms with van der Waals surface area (Å²) in [6.45, 7) is 4.40. The fourth-order valence-electron chi connectivity index (χ4n) is 2.66. The Balaban J connectivity index is 1.63. The number of amides is 1. The molecule has 8 heteroatoms. The van der Waals surface area contributed by atoms with E-state index in [1.54, 1.807) is 37.5 Å². The van der Waals surface area contributed by atoms with Crippen molar-refractivity contribution in [2.45, 2.75) is 18.1 Å². The maximum Gasteiger partial charge on any atom is 0.234 e. The highest BCUT2D eigenvalue weighted by molar-refractivity contribution is 9.10. The van der Waals surface area contributed by atoms with Gasteiger partial charge in [0, 0.05) is 23.1 Å². The predicted molar refractivity (Wildman–Crippen MR) is 120 cm³/mol. The number of carbonyl (C=O) groups excluding carboxylic acids is 1. The molecule has 6 nitrogen and oxygen atoms in total. The van der Waals surface area contributed by atoms with E-state index in [1.165, 1.54) is 11.8 Å². The molecule has 150 valence electrons. The van der Waals surface area contributed by atoms with Gasteiger partial charge < -0.3 is 14.6 Å². The lowest BCUT2D eigenvalue weighted by Gasteiger charge is -2.09. The molecule has 1 amide bonds. The minimum atomic E-state index is -0.109. The Hall–Kier alpha value is -2.58. The number of thioether (sulfide) groups is 1. The van der Waals surface area contributed by atoms with Gasteiger partial charge in [-0.3, -0.25) is 4.79 Å². The molecule has 0 spiro atoms. The molecule has 2 aromatic carbocycles. The number of nitrogens with one attached hydrogen (secondary N) is 1. The topological polar surface area (TPSA) is 69.0 Å². The van der Waals surface area contributed by atoms with Crippen molar-refractivity contribution in [3.8, 4) is 5.75 Å². The van der Waals surface area contributed by atoms with E-state index in [0.717, 1.165) is 27.3 Å². The first kappa shape index (κ1) is 21.1. The highest BCUT2D eigenvalue weighted by Gasteiger charge is 2.14. The van der Waals surface area contributed by atoms with Gasteiger partial charge in [0.25, 0.3) is 0 Å². The van der Waals surface area contributed by atoms with Gasteiger partial charge in [0.1, 0.15) is 11.6 Å². The summed E-state index contributed by atoms with van der Waals surface area (Å²) in [5.74, 6) is 1.71. The number of ether oxygens (including phenoxy) is 1. The molecule has 0 saturated heterocycles. The number of benzene rings is 2. The zero-order chi connectivity index (χ0) is 20.6. The van der Waals surface area contributed by atoms with Crippen LogP contribution in [-0.2, 0) is 17.8 Å². The maximum absolute atomic E-state index is 12.3. The first-order valence-corrected chi connectivity index (χ1v) is 10.7. The highest BCUT2D eigenvalue weighted by Crippen LogP contribution is 2.21. The fourth-order valence-corrected chi connectivity index (χ4v) is 3.69. The van der Waals surface area contributed by atoms with Crippen LogP contribution in [0.1, 0.15) is 11.4 Å². The molecule has 1 aromatic heterocycles. The third-order valence-electron chi connectivity index (χ3n) is 4.09. The average molecular weight is 473 g/mol. The second kappa shape index (κ2) is 10.3. The van der Waals surface area contributed by atoms with E-state index >= 15 is 0 Å². The van der Waals surface area contributed by atoms with Crippen LogP contribution in [-0.4, -0.2) is 33.5 Å². The third-order valence-corrected chi connectivity index (χ3v) is 5.58. The number of anilines is 1. The Bertz CT molecular complexity index is 971. The van der Waals surface area contributed by atoms with Gasteiger partial charge in [-0.25, -0.2) is 0 Å². The minimum absolute atomic E-state index is 0.109. The molecule has 1 N–H and O–H groups in total. The number of carbonyl (C=O) groups is 1. The van der Waals surface area contributed by atoms with Gasteiger partial charge in [0.15, 0.2) is 5.16 Å². The van der Waals surface area contributed by atoms with Crippen LogP contribution in [0.3, 0.4) is 0 Å². The Morgan fingerprint density at radius 3 is 2.59 bits per heavy atom. The van der Waals surface area contributed by atoms with E-state index in [1.807, 2.05) is 28.8 Å². The third kappa shape index (κ3) is 5.95. The molecule has 0 atom stereocenters. The zero-order valence-corrected chi connectivity index (χ0v) is 18.4. The van der Waals surface area contributed by atoms with Crippen LogP contribution < -0.4 is 10.1 Å². The molecule has 0 unspecified atom stereocenters. The molecule has 0 fully saturated rings. The first-order valence-electron chi connectivity index (χ1n) is 8.93. The molecule has 0 radical (unpaired) electrons. The lowest BCUT2D eigenvalue weighted by molar-refractivity contribution is -0.113. The fraction of sp³-hybridized carbons (Fsp3) is 0.190. The molecule has 0 aliphatic rings. The molecule has 0 aliphatic heterocycles. The van der Waals surface area contributed by atoms with Crippen LogP contribution in [0, 0.1) is 0 Å². The summed E-state index contributed by atoms with van der Waals surface area (Å²) < 4.78 is 8.14. The lowest BCUT2D eigenvalue weighted by Crippen LogP contribution is -2.14. The van der Waals surface area contributed by atoms with Crippen molar-refractivity contribution in [3.05, 3.63) is 77.0 Å². The number of aromatic nitrogens is 3. The van der Waals surface area contributed by atoms with E-state index in [9.17, 15) is 4.79 Å². The van der Waals surface area contributed by atoms with Crippen molar-refractivity contribution in [2.24, 2.45) is 0 Å². The van der Waals surface area contributed by atoms with Crippen molar-refractivity contribution in [3.63, 3.8) is 0 Å². The second-order valence-corrected chi connectivity index (χ2v) is 8.02. The molecular formula is C21H21BrN4O2S. The predicted octanol–water partition coefficient (Wildman–Crippen LogP) is 4.56. The van der Waals surface area contributed by atoms with Crippen molar-refractivity contribution in [1.29, 1.82) is 0 Å². The zero-order valence-electron chi connectivity index (χ0n) is 16.0. The molecular weight excluding hydrogens is 452 g/mol. The average Bonchev–Trinajstić information content (AvgIpc) is 3.10. The Kier molecular flexibility index (Phi) is 7.48. The SMILES string of the molecule is C=CCn1c(Cc2ccc(Br)cc2)nnc1SCC(=O)Nc1ccc(OC)cc1. The number of rotatable bonds is 9. The van der Waals surface area contributed by atoms with Gasteiger partial charge in [-0.1, -0.05) is 45.9 Å². The summed E-state index contributed by atoms with van der Waals surface area (Å²) >= 11 is 4.80. The van der Waals surface area contributed by atoms with E-state index in [4.69, 9.17) is 4.74 Å². The number of hydrogen-bond acceptors (Lipinski definition) is 5. The second-order valence-electron chi connectivity index (χ2n) is 6.17. The largest absolute Gasteiger partial charge is 0.497 e. The van der Waals surface area contributed by atoms with E-state index in [2.05, 4.69) is 38.0 Å². The van der Waals surface area contributed by atoms with Crippen LogP contribution in [0.15, 0.2) is 70.8 Å². The van der Waals surface area contributed by atoms with Crippen LogP contribution in [0.4, 0.5) is 5.69 Å². The van der Waals surface area contributed by atoms with E-state index in [-0.39, 0.29) is 11.7 Å². The summed E-state index contributed by atoms with van der Waals surface area (Å²) in [7, 11) is 1.61. The molecule has 0 aliphatic carbocycles. The number of hydrogen-bond donors (Lipinski definition) is 1. The number of halogens is 1. The summed E-state index contributed by atoms with van der Waals surface area (Å²) in [5, 5.41) is 12.2. The normalized spacial score (nSPS) is 10.6. The molecule has 1 heterocycles. The van der Waals surface area contributed by atoms with Gasteiger partial charge in [-0.15, -0.1) is 16.8 Å². The van der Waals surface area contributed by atoms with Gasteiger partial charge >= 0.3 is 0 Å². The quantitative estimate of drug-likeness (QED) is 0.365. The van der Waals surface area contributed by atoms with Crippen LogP contribution in [0.25, 0.3) is 0 Å². The van der Waals surface area contributed by atoms with Crippen molar-refractivity contribution in [1.82, 2.24) is 14.8 Å². The molecule has 3 aromatic rings. The molecule has 0 saturated carbocycles. The summed E-state index contributed by atoms with van der Waals surface area (Å²) in [6.07, 6.45) is 2.46. The monoisotopic (exact) mass is 472 g/mol. The van der Waals surface area contributed by atoms with E-state index in [0.29, 0.717) is 18.1 Å². The smallest absolute Gasteiger partial charge is 0.234 e. The summed E-state index contributed by atoms with van der Waals surface area (Å²) in [5.41, 5.74) is 1.86. The number of allylic oxidation sites excluding steroid dienone is 1. The number of nitrogens with zero attached hydrogens (tertiary/aromatic N) is 3. The summed E-state index contributed by atoms with van der Waals surface area (Å²) in [4.78, 5) is 12.3.